The van der Waals surface area contributed by atoms with Crippen LogP contribution < -0.4 is 5.32 Å². The summed E-state index contributed by atoms with van der Waals surface area (Å²) in [5, 5.41) is 2.85. The summed E-state index contributed by atoms with van der Waals surface area (Å²) >= 11 is 0. The second-order valence-corrected chi connectivity index (χ2v) is 6.07. The highest BCUT2D eigenvalue weighted by molar-refractivity contribution is 5.81. The van der Waals surface area contributed by atoms with Crippen molar-refractivity contribution in [2.75, 3.05) is 19.6 Å². The smallest absolute Gasteiger partial charge is 0.225 e. The molecule has 2 amide bonds. The predicted octanol–water partition coefficient (Wildman–Crippen LogP) is 1.96. The average molecular weight is 278 g/mol. The Morgan fingerprint density at radius 3 is 2.65 bits per heavy atom. The van der Waals surface area contributed by atoms with Crippen LogP contribution in [-0.2, 0) is 9.59 Å². The lowest BCUT2D eigenvalue weighted by Crippen LogP contribution is -2.45. The molecule has 2 fully saturated rings. The molecule has 0 unspecified atom stereocenters. The summed E-state index contributed by atoms with van der Waals surface area (Å²) in [5.74, 6) is 1.63. The molecule has 2 atom stereocenters. The predicted molar refractivity (Wildman–Crippen MR) is 79.0 cm³/mol. The summed E-state index contributed by atoms with van der Waals surface area (Å²) in [6, 6.07) is 0. The van der Waals surface area contributed by atoms with E-state index >= 15 is 0 Å². The van der Waals surface area contributed by atoms with E-state index in [1.807, 2.05) is 4.90 Å². The second-order valence-electron chi connectivity index (χ2n) is 6.07. The molecule has 0 spiro atoms. The fourth-order valence-electron chi connectivity index (χ4n) is 3.10. The topological polar surface area (TPSA) is 49.4 Å². The minimum Gasteiger partial charge on any atom is -0.353 e. The van der Waals surface area contributed by atoms with E-state index in [9.17, 15) is 9.59 Å². The molecule has 1 aliphatic carbocycles. The van der Waals surface area contributed by atoms with Crippen molar-refractivity contribution >= 4 is 11.8 Å². The van der Waals surface area contributed by atoms with Gasteiger partial charge in [0, 0.05) is 32.0 Å². The molecule has 0 bridgehead atoms. The van der Waals surface area contributed by atoms with Crippen molar-refractivity contribution in [1.29, 1.82) is 0 Å². The summed E-state index contributed by atoms with van der Waals surface area (Å²) in [7, 11) is 0. The highest BCUT2D eigenvalue weighted by Gasteiger charge is 2.37. The van der Waals surface area contributed by atoms with Crippen LogP contribution in [0, 0.1) is 17.8 Å². The van der Waals surface area contributed by atoms with Crippen LogP contribution in [0.4, 0.5) is 0 Å². The third-order valence-electron chi connectivity index (χ3n) is 4.55. The monoisotopic (exact) mass is 278 g/mol. The van der Waals surface area contributed by atoms with E-state index in [2.05, 4.69) is 18.8 Å². The largest absolute Gasteiger partial charge is 0.353 e. The Morgan fingerprint density at radius 1 is 1.30 bits per heavy atom. The van der Waals surface area contributed by atoms with Crippen molar-refractivity contribution in [3.63, 3.8) is 0 Å². The zero-order valence-electron chi connectivity index (χ0n) is 12.4. The molecular formula is C16H26N2O2. The van der Waals surface area contributed by atoms with Gasteiger partial charge in [0.1, 0.15) is 0 Å². The Morgan fingerprint density at radius 2 is 2.05 bits per heavy atom. The molecule has 1 N–H and O–H groups in total. The SMILES string of the molecule is C=CCNC(=O)C[C@@H]1CCN(C(=O)C2CC2)C[C@@H]1CC. The van der Waals surface area contributed by atoms with Crippen LogP contribution in [-0.4, -0.2) is 36.3 Å². The Hall–Kier alpha value is -1.32. The summed E-state index contributed by atoms with van der Waals surface area (Å²) in [5.41, 5.74) is 0. The van der Waals surface area contributed by atoms with E-state index in [4.69, 9.17) is 0 Å². The number of likely N-dealkylation sites (tertiary alicyclic amines) is 1. The third-order valence-corrected chi connectivity index (χ3v) is 4.55. The van der Waals surface area contributed by atoms with Gasteiger partial charge in [-0.05, 0) is 31.1 Å². The van der Waals surface area contributed by atoms with Gasteiger partial charge in [-0.3, -0.25) is 9.59 Å². The van der Waals surface area contributed by atoms with Gasteiger partial charge in [-0.25, -0.2) is 0 Å². The lowest BCUT2D eigenvalue weighted by Gasteiger charge is -2.38. The van der Waals surface area contributed by atoms with Crippen LogP contribution in [0.25, 0.3) is 0 Å². The quantitative estimate of drug-likeness (QED) is 0.755. The fourth-order valence-corrected chi connectivity index (χ4v) is 3.10. The molecule has 4 nitrogen and oxygen atoms in total. The van der Waals surface area contributed by atoms with E-state index in [0.717, 1.165) is 38.8 Å². The van der Waals surface area contributed by atoms with Crippen LogP contribution in [0.5, 0.6) is 0 Å². The normalized spacial score (nSPS) is 26.1. The van der Waals surface area contributed by atoms with E-state index in [0.29, 0.717) is 36.6 Å². The van der Waals surface area contributed by atoms with Gasteiger partial charge in [0.2, 0.25) is 11.8 Å². The first-order valence-electron chi connectivity index (χ1n) is 7.82. The number of nitrogens with one attached hydrogen (secondary N) is 1. The van der Waals surface area contributed by atoms with Crippen LogP contribution >= 0.6 is 0 Å². The fraction of sp³-hybridized carbons (Fsp3) is 0.750. The van der Waals surface area contributed by atoms with Crippen LogP contribution in [0.1, 0.15) is 39.0 Å². The lowest BCUT2D eigenvalue weighted by atomic mass is 9.81. The van der Waals surface area contributed by atoms with Crippen molar-refractivity contribution in [2.24, 2.45) is 17.8 Å². The maximum absolute atomic E-state index is 12.1. The summed E-state index contributed by atoms with van der Waals surface area (Å²) in [4.78, 5) is 26.0. The molecule has 0 aromatic heterocycles. The Kier molecular flexibility index (Phi) is 5.21. The molecule has 1 heterocycles. The highest BCUT2D eigenvalue weighted by Crippen LogP contribution is 2.35. The van der Waals surface area contributed by atoms with Gasteiger partial charge in [-0.1, -0.05) is 19.4 Å². The van der Waals surface area contributed by atoms with Crippen molar-refractivity contribution in [3.05, 3.63) is 12.7 Å². The van der Waals surface area contributed by atoms with E-state index in [1.165, 1.54) is 0 Å². The standard InChI is InChI=1S/C16H26N2O2/c1-3-8-17-15(19)10-14-7-9-18(11-12(14)4-2)16(20)13-5-6-13/h3,12-14H,1,4-11H2,2H3,(H,17,19)/t12-,14-/m0/s1. The third kappa shape index (κ3) is 3.84. The number of carbonyl (C=O) groups excluding carboxylic acids is 2. The summed E-state index contributed by atoms with van der Waals surface area (Å²) in [6.07, 6.45) is 6.41. The first-order valence-corrected chi connectivity index (χ1v) is 7.82. The Bertz CT molecular complexity index is 377. The minimum atomic E-state index is 0.107. The molecule has 1 saturated heterocycles. The number of amides is 2. The van der Waals surface area contributed by atoms with Gasteiger partial charge in [0.15, 0.2) is 0 Å². The molecule has 0 aromatic rings. The molecule has 20 heavy (non-hydrogen) atoms. The number of carbonyl (C=O) groups is 2. The maximum atomic E-state index is 12.1. The van der Waals surface area contributed by atoms with Crippen molar-refractivity contribution in [3.8, 4) is 0 Å². The van der Waals surface area contributed by atoms with Gasteiger partial charge in [0.05, 0.1) is 0 Å². The Labute approximate surface area is 121 Å². The number of rotatable bonds is 6. The number of hydrogen-bond acceptors (Lipinski definition) is 2. The van der Waals surface area contributed by atoms with Crippen LogP contribution in [0.15, 0.2) is 12.7 Å². The molecule has 2 rings (SSSR count). The van der Waals surface area contributed by atoms with Gasteiger partial charge in [-0.15, -0.1) is 6.58 Å². The molecule has 2 aliphatic rings. The summed E-state index contributed by atoms with van der Waals surface area (Å²) < 4.78 is 0. The van der Waals surface area contributed by atoms with Gasteiger partial charge < -0.3 is 10.2 Å². The van der Waals surface area contributed by atoms with Gasteiger partial charge in [0.25, 0.3) is 0 Å². The Balaban J connectivity index is 1.84. The lowest BCUT2D eigenvalue weighted by molar-refractivity contribution is -0.135. The molecule has 1 aliphatic heterocycles. The zero-order valence-corrected chi connectivity index (χ0v) is 12.4. The number of nitrogens with zero attached hydrogens (tertiary/aromatic N) is 1. The van der Waals surface area contributed by atoms with E-state index < -0.39 is 0 Å². The van der Waals surface area contributed by atoms with E-state index in [1.54, 1.807) is 6.08 Å². The van der Waals surface area contributed by atoms with E-state index in [-0.39, 0.29) is 5.91 Å². The highest BCUT2D eigenvalue weighted by atomic mass is 16.2. The molecule has 1 saturated carbocycles. The molecule has 0 radical (unpaired) electrons. The summed E-state index contributed by atoms with van der Waals surface area (Å²) in [6.45, 7) is 7.96. The second kappa shape index (κ2) is 6.91. The zero-order chi connectivity index (χ0) is 14.5. The number of hydrogen-bond donors (Lipinski definition) is 1. The van der Waals surface area contributed by atoms with Crippen molar-refractivity contribution < 1.29 is 9.59 Å². The molecule has 0 aromatic carbocycles. The van der Waals surface area contributed by atoms with Crippen LogP contribution in [0.3, 0.4) is 0 Å². The first-order chi connectivity index (χ1) is 9.65. The number of piperidine rings is 1. The van der Waals surface area contributed by atoms with Crippen molar-refractivity contribution in [2.45, 2.75) is 39.0 Å². The molecule has 4 heteroatoms. The molecule has 112 valence electrons. The van der Waals surface area contributed by atoms with Crippen molar-refractivity contribution in [1.82, 2.24) is 10.2 Å². The average Bonchev–Trinajstić information content (AvgIpc) is 3.29. The minimum absolute atomic E-state index is 0.107. The van der Waals surface area contributed by atoms with Gasteiger partial charge >= 0.3 is 0 Å². The van der Waals surface area contributed by atoms with Crippen LogP contribution in [0.2, 0.25) is 0 Å². The maximum Gasteiger partial charge on any atom is 0.225 e. The first kappa shape index (κ1) is 15.1. The molecular weight excluding hydrogens is 252 g/mol. The van der Waals surface area contributed by atoms with Gasteiger partial charge in [-0.2, -0.15) is 0 Å².